The Morgan fingerprint density at radius 1 is 1.67 bits per heavy atom. The van der Waals surface area contributed by atoms with Gasteiger partial charge in [0.2, 0.25) is 0 Å². The third kappa shape index (κ3) is 2.46. The molecule has 70 valence electrons. The molecule has 3 N–H and O–H groups in total. The first kappa shape index (κ1) is 9.48. The molecular formula is C8H15NO3. The van der Waals surface area contributed by atoms with Gasteiger partial charge in [-0.15, -0.1) is 0 Å². The molecule has 0 aliphatic heterocycles. The topological polar surface area (TPSA) is 72.5 Å². The van der Waals surface area contributed by atoms with Gasteiger partial charge in [0.05, 0.1) is 0 Å². The van der Waals surface area contributed by atoms with Gasteiger partial charge in [0.15, 0.2) is 0 Å². The molecule has 1 saturated carbocycles. The molecule has 0 heterocycles. The Morgan fingerprint density at radius 2 is 2.33 bits per heavy atom. The molecule has 0 radical (unpaired) electrons. The number of carbonyl (C=O) groups excluding carboxylic acids is 1. The van der Waals surface area contributed by atoms with Gasteiger partial charge < -0.3 is 15.6 Å². The molecule has 1 atom stereocenters. The quantitative estimate of drug-likeness (QED) is 0.577. The maximum atomic E-state index is 11.1. The van der Waals surface area contributed by atoms with Crippen LogP contribution >= 0.6 is 0 Å². The van der Waals surface area contributed by atoms with E-state index in [0.717, 1.165) is 19.3 Å². The summed E-state index contributed by atoms with van der Waals surface area (Å²) in [6, 6.07) is -0.657. The van der Waals surface area contributed by atoms with E-state index in [4.69, 9.17) is 15.6 Å². The van der Waals surface area contributed by atoms with Crippen molar-refractivity contribution < 1.29 is 14.6 Å². The van der Waals surface area contributed by atoms with Crippen molar-refractivity contribution in [1.29, 1.82) is 0 Å². The summed E-state index contributed by atoms with van der Waals surface area (Å²) in [6.07, 6.45) is 3.41. The zero-order chi connectivity index (χ0) is 8.97. The normalized spacial score (nSPS) is 19.8. The van der Waals surface area contributed by atoms with Gasteiger partial charge in [0.25, 0.3) is 0 Å². The molecule has 1 fully saturated rings. The van der Waals surface area contributed by atoms with Gasteiger partial charge in [-0.25, -0.2) is 0 Å². The minimum atomic E-state index is -0.657. The van der Waals surface area contributed by atoms with Gasteiger partial charge >= 0.3 is 5.97 Å². The van der Waals surface area contributed by atoms with E-state index >= 15 is 0 Å². The highest BCUT2D eigenvalue weighted by Crippen LogP contribution is 2.22. The maximum absolute atomic E-state index is 11.1. The Morgan fingerprint density at radius 3 is 2.75 bits per heavy atom. The van der Waals surface area contributed by atoms with E-state index in [1.807, 2.05) is 0 Å². The third-order valence-electron chi connectivity index (χ3n) is 2.08. The number of hydrogen-bond donors (Lipinski definition) is 2. The van der Waals surface area contributed by atoms with E-state index < -0.39 is 6.04 Å². The molecule has 0 saturated heterocycles. The second-order valence-electron chi connectivity index (χ2n) is 3.11. The van der Waals surface area contributed by atoms with Crippen molar-refractivity contribution in [3.8, 4) is 0 Å². The average molecular weight is 173 g/mol. The summed E-state index contributed by atoms with van der Waals surface area (Å²) in [5, 5.41) is 8.50. The van der Waals surface area contributed by atoms with Gasteiger partial charge in [0.1, 0.15) is 12.1 Å². The highest BCUT2D eigenvalue weighted by molar-refractivity contribution is 5.75. The lowest BCUT2D eigenvalue weighted by molar-refractivity contribution is -0.154. The minimum absolute atomic E-state index is 0.0685. The van der Waals surface area contributed by atoms with Crippen molar-refractivity contribution in [2.75, 3.05) is 6.61 Å². The van der Waals surface area contributed by atoms with Crippen molar-refractivity contribution in [2.24, 2.45) is 5.73 Å². The minimum Gasteiger partial charge on any atom is -0.461 e. The van der Waals surface area contributed by atoms with Crippen molar-refractivity contribution in [3.05, 3.63) is 0 Å². The molecule has 0 bridgehead atoms. The van der Waals surface area contributed by atoms with Crippen molar-refractivity contribution in [1.82, 2.24) is 0 Å². The first-order valence-corrected chi connectivity index (χ1v) is 4.31. The van der Waals surface area contributed by atoms with Gasteiger partial charge in [-0.05, 0) is 25.7 Å². The number of carbonyl (C=O) groups is 1. The number of ether oxygens (including phenoxy) is 1. The van der Waals surface area contributed by atoms with Crippen LogP contribution in [0.3, 0.4) is 0 Å². The number of aliphatic hydroxyl groups is 1. The fourth-order valence-corrected chi connectivity index (χ4v) is 0.997. The van der Waals surface area contributed by atoms with Crippen molar-refractivity contribution in [3.63, 3.8) is 0 Å². The molecule has 1 rings (SSSR count). The Kier molecular flexibility index (Phi) is 3.49. The van der Waals surface area contributed by atoms with Gasteiger partial charge in [-0.3, -0.25) is 4.79 Å². The third-order valence-corrected chi connectivity index (χ3v) is 2.08. The highest BCUT2D eigenvalue weighted by atomic mass is 16.5. The lowest BCUT2D eigenvalue weighted by Gasteiger charge is -2.26. The fourth-order valence-electron chi connectivity index (χ4n) is 0.997. The largest absolute Gasteiger partial charge is 0.461 e. The number of rotatable bonds is 4. The smallest absolute Gasteiger partial charge is 0.323 e. The zero-order valence-electron chi connectivity index (χ0n) is 7.03. The molecule has 0 aromatic rings. The molecule has 0 aromatic carbocycles. The van der Waals surface area contributed by atoms with Crippen LogP contribution in [0.1, 0.15) is 25.7 Å². The van der Waals surface area contributed by atoms with Crippen LogP contribution in [-0.4, -0.2) is 29.8 Å². The van der Waals surface area contributed by atoms with Crippen LogP contribution in [0.4, 0.5) is 0 Å². The molecule has 1 aliphatic rings. The Labute approximate surface area is 71.7 Å². The Bertz CT molecular complexity index is 156. The number of hydrogen-bond acceptors (Lipinski definition) is 4. The first-order valence-electron chi connectivity index (χ1n) is 4.31. The SMILES string of the molecule is N[C@H](CCO)C(=O)OC1CCC1. The highest BCUT2D eigenvalue weighted by Gasteiger charge is 2.24. The summed E-state index contributed by atoms with van der Waals surface area (Å²) < 4.78 is 5.03. The Hall–Kier alpha value is -0.610. The molecule has 0 unspecified atom stereocenters. The van der Waals surface area contributed by atoms with E-state index in [1.165, 1.54) is 0 Å². The van der Waals surface area contributed by atoms with Gasteiger partial charge in [0, 0.05) is 6.61 Å². The lowest BCUT2D eigenvalue weighted by atomic mass is 9.96. The maximum Gasteiger partial charge on any atom is 0.323 e. The molecule has 0 aromatic heterocycles. The molecule has 4 heteroatoms. The number of aliphatic hydroxyl groups excluding tert-OH is 1. The summed E-state index contributed by atoms with van der Waals surface area (Å²) in [5.41, 5.74) is 5.42. The van der Waals surface area contributed by atoms with Crippen LogP contribution in [0.2, 0.25) is 0 Å². The summed E-state index contributed by atoms with van der Waals surface area (Å²) in [7, 11) is 0. The van der Waals surface area contributed by atoms with Crippen LogP contribution in [-0.2, 0) is 9.53 Å². The lowest BCUT2D eigenvalue weighted by Crippen LogP contribution is -2.37. The monoisotopic (exact) mass is 173 g/mol. The van der Waals surface area contributed by atoms with E-state index in [2.05, 4.69) is 0 Å². The molecular weight excluding hydrogens is 158 g/mol. The second-order valence-corrected chi connectivity index (χ2v) is 3.11. The molecule has 4 nitrogen and oxygen atoms in total. The predicted molar refractivity (Wildman–Crippen MR) is 43.4 cm³/mol. The predicted octanol–water partition coefficient (Wildman–Crippen LogP) is -0.208. The summed E-state index contributed by atoms with van der Waals surface area (Å²) in [6.45, 7) is -0.0685. The number of esters is 1. The summed E-state index contributed by atoms with van der Waals surface area (Å²) >= 11 is 0. The van der Waals surface area contributed by atoms with Gasteiger partial charge in [-0.2, -0.15) is 0 Å². The van der Waals surface area contributed by atoms with E-state index in [9.17, 15) is 4.79 Å². The fraction of sp³-hybridized carbons (Fsp3) is 0.875. The molecule has 1 aliphatic carbocycles. The van der Waals surface area contributed by atoms with Crippen LogP contribution in [0.25, 0.3) is 0 Å². The van der Waals surface area contributed by atoms with E-state index in [0.29, 0.717) is 0 Å². The zero-order valence-corrected chi connectivity index (χ0v) is 7.03. The van der Waals surface area contributed by atoms with Crippen molar-refractivity contribution >= 4 is 5.97 Å². The van der Waals surface area contributed by atoms with Crippen LogP contribution in [0.15, 0.2) is 0 Å². The molecule has 12 heavy (non-hydrogen) atoms. The van der Waals surface area contributed by atoms with E-state index in [-0.39, 0.29) is 25.1 Å². The standard InChI is InChI=1S/C8H15NO3/c9-7(4-5-10)8(11)12-6-2-1-3-6/h6-7,10H,1-5,9H2/t7-/m1/s1. The molecule has 0 spiro atoms. The van der Waals surface area contributed by atoms with E-state index in [1.54, 1.807) is 0 Å². The summed E-state index contributed by atoms with van der Waals surface area (Å²) in [5.74, 6) is -0.381. The van der Waals surface area contributed by atoms with Gasteiger partial charge in [-0.1, -0.05) is 0 Å². The summed E-state index contributed by atoms with van der Waals surface area (Å²) in [4.78, 5) is 11.1. The first-order chi connectivity index (χ1) is 5.74. The number of nitrogens with two attached hydrogens (primary N) is 1. The molecule has 0 amide bonds. The van der Waals surface area contributed by atoms with Crippen molar-refractivity contribution in [2.45, 2.75) is 37.8 Å². The Balaban J connectivity index is 2.16. The van der Waals surface area contributed by atoms with Crippen LogP contribution in [0.5, 0.6) is 0 Å². The second kappa shape index (κ2) is 4.42. The van der Waals surface area contributed by atoms with Crippen LogP contribution in [0, 0.1) is 0 Å². The van der Waals surface area contributed by atoms with Crippen LogP contribution < -0.4 is 5.73 Å². The average Bonchev–Trinajstić information content (AvgIpc) is 1.97.